The predicted octanol–water partition coefficient (Wildman–Crippen LogP) is 6.81. The first kappa shape index (κ1) is 30.7. The highest BCUT2D eigenvalue weighted by Crippen LogP contribution is 2.43. The zero-order chi connectivity index (χ0) is 23.2. The summed E-state index contributed by atoms with van der Waals surface area (Å²) in [7, 11) is -2.30. The Labute approximate surface area is 191 Å². The van der Waals surface area contributed by atoms with E-state index in [0.717, 1.165) is 19.3 Å². The number of unbranched alkanes of at least 4 members (excludes halogenated alkanes) is 13. The van der Waals surface area contributed by atoms with Crippen molar-refractivity contribution >= 4 is 13.6 Å². The quantitative estimate of drug-likeness (QED) is 0.121. The second-order valence-electron chi connectivity index (χ2n) is 8.86. The van der Waals surface area contributed by atoms with Crippen LogP contribution in [0.15, 0.2) is 0 Å². The normalized spacial score (nSPS) is 14.5. The molecule has 0 aromatic rings. The maximum atomic E-state index is 11.9. The minimum absolute atomic E-state index is 0.0248. The molecule has 0 fully saturated rings. The van der Waals surface area contributed by atoms with E-state index in [4.69, 9.17) is 9.05 Å². The molecule has 0 rings (SSSR count). The number of Topliss-reactive ketones (excluding diaryl/α,β-unsaturated/α-hetero) is 1. The van der Waals surface area contributed by atoms with Crippen LogP contribution in [0, 0.1) is 5.92 Å². The molecule has 0 aliphatic heterocycles. The van der Waals surface area contributed by atoms with Gasteiger partial charge in [-0.15, -0.1) is 0 Å². The molecule has 31 heavy (non-hydrogen) atoms. The first-order valence-electron chi connectivity index (χ1n) is 12.7. The molecule has 0 aromatic carbocycles. The van der Waals surface area contributed by atoms with Crippen LogP contribution < -0.4 is 5.32 Å². The van der Waals surface area contributed by atoms with E-state index in [2.05, 4.69) is 12.2 Å². The highest BCUT2D eigenvalue weighted by Gasteiger charge is 2.23. The number of likely N-dealkylation sites (N-methyl/N-ethyl adjacent to an activating group) is 1. The molecule has 0 aliphatic carbocycles. The fraction of sp³-hybridized carbons (Fsp3) is 0.958. The molecule has 0 aliphatic rings. The van der Waals surface area contributed by atoms with Crippen molar-refractivity contribution in [2.45, 2.75) is 117 Å². The highest BCUT2D eigenvalue weighted by molar-refractivity contribution is 7.47. The molecule has 6 nitrogen and oxygen atoms in total. The van der Waals surface area contributed by atoms with Crippen LogP contribution >= 0.6 is 7.82 Å². The maximum absolute atomic E-state index is 11.9. The summed E-state index contributed by atoms with van der Waals surface area (Å²) in [5.41, 5.74) is 0. The molecule has 2 atom stereocenters. The van der Waals surface area contributed by atoms with E-state index >= 15 is 0 Å². The first-order chi connectivity index (χ1) is 14.9. The Morgan fingerprint density at radius 2 is 1.35 bits per heavy atom. The Morgan fingerprint density at radius 3 is 1.81 bits per heavy atom. The van der Waals surface area contributed by atoms with E-state index in [0.29, 0.717) is 13.0 Å². The van der Waals surface area contributed by atoms with E-state index in [1.807, 2.05) is 0 Å². The van der Waals surface area contributed by atoms with Gasteiger partial charge < -0.3 is 15.0 Å². The van der Waals surface area contributed by atoms with Crippen LogP contribution in [0.1, 0.15) is 117 Å². The van der Waals surface area contributed by atoms with Crippen molar-refractivity contribution in [2.24, 2.45) is 5.92 Å². The van der Waals surface area contributed by atoms with Crippen LogP contribution in [0.3, 0.4) is 0 Å². The van der Waals surface area contributed by atoms with Crippen LogP contribution in [0.5, 0.6) is 0 Å². The number of rotatable bonds is 24. The lowest BCUT2D eigenvalue weighted by Crippen LogP contribution is -2.16. The molecule has 0 heterocycles. The molecule has 0 spiro atoms. The van der Waals surface area contributed by atoms with Gasteiger partial charge in [-0.25, -0.2) is 4.57 Å². The van der Waals surface area contributed by atoms with Crippen molar-refractivity contribution in [1.29, 1.82) is 0 Å². The fourth-order valence-electron chi connectivity index (χ4n) is 3.78. The summed E-state index contributed by atoms with van der Waals surface area (Å²) in [6, 6.07) is 0. The topological polar surface area (TPSA) is 84.9 Å². The molecule has 0 amide bonds. The number of ketones is 1. The SMILES string of the molecule is CCCCCCCCCCCCCCCCC(COP(=O)(O)OCCNC)CC(C)=O. The molecule has 186 valence electrons. The van der Waals surface area contributed by atoms with Crippen LogP contribution in [0.25, 0.3) is 0 Å². The van der Waals surface area contributed by atoms with Gasteiger partial charge in [0.25, 0.3) is 0 Å². The third-order valence-electron chi connectivity index (χ3n) is 5.62. The monoisotopic (exact) mass is 463 g/mol. The lowest BCUT2D eigenvalue weighted by molar-refractivity contribution is -0.118. The number of carbonyl (C=O) groups excluding carboxylic acids is 1. The van der Waals surface area contributed by atoms with Gasteiger partial charge in [-0.3, -0.25) is 9.05 Å². The third kappa shape index (κ3) is 22.7. The van der Waals surface area contributed by atoms with Crippen molar-refractivity contribution in [3.05, 3.63) is 0 Å². The van der Waals surface area contributed by atoms with Gasteiger partial charge in [-0.05, 0) is 26.3 Å². The van der Waals surface area contributed by atoms with Crippen molar-refractivity contribution in [3.63, 3.8) is 0 Å². The van der Waals surface area contributed by atoms with E-state index in [9.17, 15) is 14.3 Å². The highest BCUT2D eigenvalue weighted by atomic mass is 31.2. The molecule has 7 heteroatoms. The molecule has 2 unspecified atom stereocenters. The summed E-state index contributed by atoms with van der Waals surface area (Å²) in [6.07, 6.45) is 19.6. The zero-order valence-electron chi connectivity index (χ0n) is 20.5. The molecular formula is C24H50NO5P. The third-order valence-corrected chi connectivity index (χ3v) is 6.61. The van der Waals surface area contributed by atoms with E-state index in [-0.39, 0.29) is 24.9 Å². The largest absolute Gasteiger partial charge is 0.472 e. The summed E-state index contributed by atoms with van der Waals surface area (Å²) in [5.74, 6) is 0.0611. The number of phosphoric ester groups is 1. The van der Waals surface area contributed by atoms with Crippen LogP contribution in [-0.2, 0) is 18.4 Å². The molecule has 0 radical (unpaired) electrons. The van der Waals surface area contributed by atoms with Gasteiger partial charge in [-0.2, -0.15) is 0 Å². The molecule has 0 saturated carbocycles. The molecular weight excluding hydrogens is 413 g/mol. The Kier molecular flexibility index (Phi) is 21.4. The van der Waals surface area contributed by atoms with Crippen molar-refractivity contribution in [3.8, 4) is 0 Å². The number of hydrogen-bond donors (Lipinski definition) is 2. The summed E-state index contributed by atoms with van der Waals surface area (Å²) < 4.78 is 21.9. The second-order valence-corrected chi connectivity index (χ2v) is 10.3. The minimum atomic E-state index is -4.04. The van der Waals surface area contributed by atoms with Gasteiger partial charge in [0.1, 0.15) is 5.78 Å². The number of phosphoric acid groups is 1. The van der Waals surface area contributed by atoms with E-state index in [1.165, 1.54) is 77.0 Å². The second kappa shape index (κ2) is 21.6. The summed E-state index contributed by atoms with van der Waals surface area (Å²) in [6.45, 7) is 4.49. The first-order valence-corrected chi connectivity index (χ1v) is 14.2. The Hall–Kier alpha value is -0.260. The van der Waals surface area contributed by atoms with E-state index in [1.54, 1.807) is 14.0 Å². The lowest BCUT2D eigenvalue weighted by Gasteiger charge is -2.18. The van der Waals surface area contributed by atoms with E-state index < -0.39 is 7.82 Å². The van der Waals surface area contributed by atoms with Gasteiger partial charge in [0, 0.05) is 13.0 Å². The molecule has 0 bridgehead atoms. The Balaban J connectivity index is 3.74. The lowest BCUT2D eigenvalue weighted by atomic mass is 9.96. The van der Waals surface area contributed by atoms with Gasteiger partial charge in [-0.1, -0.05) is 96.8 Å². The number of nitrogens with one attached hydrogen (secondary N) is 1. The molecule has 2 N–H and O–H groups in total. The summed E-state index contributed by atoms with van der Waals surface area (Å²) in [5, 5.41) is 2.84. The standard InChI is InChI=1S/C24H50NO5P/c1-4-5-6-7-8-9-10-11-12-13-14-15-16-17-18-24(21-23(2)26)22-30-31(27,28)29-20-19-25-3/h24-25H,4-22H2,1-3H3,(H,27,28). The van der Waals surface area contributed by atoms with Crippen LogP contribution in [0.2, 0.25) is 0 Å². The Bertz CT molecular complexity index is 461. The Morgan fingerprint density at radius 1 is 0.871 bits per heavy atom. The van der Waals surface area contributed by atoms with Crippen molar-refractivity contribution in [1.82, 2.24) is 5.32 Å². The van der Waals surface area contributed by atoms with Gasteiger partial charge in [0.05, 0.1) is 13.2 Å². The van der Waals surface area contributed by atoms with Gasteiger partial charge in [0.2, 0.25) is 0 Å². The summed E-state index contributed by atoms with van der Waals surface area (Å²) in [4.78, 5) is 21.2. The smallest absolute Gasteiger partial charge is 0.317 e. The molecule has 0 aromatic heterocycles. The zero-order valence-corrected chi connectivity index (χ0v) is 21.4. The van der Waals surface area contributed by atoms with Crippen molar-refractivity contribution in [2.75, 3.05) is 26.8 Å². The molecule has 0 saturated heterocycles. The number of hydrogen-bond acceptors (Lipinski definition) is 5. The average molecular weight is 464 g/mol. The van der Waals surface area contributed by atoms with Crippen LogP contribution in [-0.4, -0.2) is 37.5 Å². The maximum Gasteiger partial charge on any atom is 0.472 e. The predicted molar refractivity (Wildman–Crippen MR) is 129 cm³/mol. The fourth-order valence-corrected chi connectivity index (χ4v) is 4.57. The minimum Gasteiger partial charge on any atom is -0.317 e. The average Bonchev–Trinajstić information content (AvgIpc) is 2.72. The van der Waals surface area contributed by atoms with Crippen LogP contribution in [0.4, 0.5) is 0 Å². The summed E-state index contributed by atoms with van der Waals surface area (Å²) >= 11 is 0. The van der Waals surface area contributed by atoms with Crippen molar-refractivity contribution < 1.29 is 23.3 Å². The van der Waals surface area contributed by atoms with Gasteiger partial charge >= 0.3 is 7.82 Å². The van der Waals surface area contributed by atoms with Gasteiger partial charge in [0.15, 0.2) is 0 Å². The number of carbonyl (C=O) groups is 1.